The van der Waals surface area contributed by atoms with Gasteiger partial charge in [-0.2, -0.15) is 0 Å². The highest BCUT2D eigenvalue weighted by atomic mass is 32.2. The summed E-state index contributed by atoms with van der Waals surface area (Å²) in [5, 5.41) is 0. The Morgan fingerprint density at radius 1 is 1.50 bits per heavy atom. The second-order valence-corrected chi connectivity index (χ2v) is 4.37. The summed E-state index contributed by atoms with van der Waals surface area (Å²) >= 11 is 1.48. The van der Waals surface area contributed by atoms with Gasteiger partial charge in [-0.05, 0) is 30.4 Å². The molecule has 0 saturated carbocycles. The van der Waals surface area contributed by atoms with E-state index in [9.17, 15) is 9.18 Å². The molecule has 1 rings (SSSR count). The van der Waals surface area contributed by atoms with Gasteiger partial charge in [0.25, 0.3) is 0 Å². The van der Waals surface area contributed by atoms with Crippen molar-refractivity contribution in [3.05, 3.63) is 24.0 Å². The van der Waals surface area contributed by atoms with Gasteiger partial charge in [0.05, 0.1) is 5.69 Å². The quantitative estimate of drug-likeness (QED) is 0.182. The molecule has 4 nitrogen and oxygen atoms in total. The minimum atomic E-state index is -0.412. The van der Waals surface area contributed by atoms with Crippen LogP contribution in [0.3, 0.4) is 0 Å². The number of carbonyl (C=O) groups excluding carboxylic acids is 1. The highest BCUT2D eigenvalue weighted by Gasteiger charge is 2.02. The molecule has 1 aromatic rings. The van der Waals surface area contributed by atoms with Crippen LogP contribution in [0.1, 0.15) is 12.8 Å². The van der Waals surface area contributed by atoms with E-state index in [1.54, 1.807) is 6.07 Å². The summed E-state index contributed by atoms with van der Waals surface area (Å²) in [6, 6.07) is 4.68. The standard InChI is InChI=1S/C10H14FN3OS/c11-8-6-7(3-4-9(8)12)16-5-1-2-10(15)14-13/h3-4,6H,1-2,5,12-13H2,(H,14,15). The first kappa shape index (κ1) is 12.8. The molecule has 0 radical (unpaired) electrons. The topological polar surface area (TPSA) is 81.1 Å². The number of hydrazine groups is 1. The molecule has 0 heterocycles. The smallest absolute Gasteiger partial charge is 0.233 e. The van der Waals surface area contributed by atoms with Crippen LogP contribution in [0, 0.1) is 5.82 Å². The molecule has 0 aromatic heterocycles. The number of rotatable bonds is 5. The van der Waals surface area contributed by atoms with Crippen molar-refractivity contribution in [3.63, 3.8) is 0 Å². The van der Waals surface area contributed by atoms with E-state index in [2.05, 4.69) is 5.43 Å². The van der Waals surface area contributed by atoms with E-state index in [-0.39, 0.29) is 11.6 Å². The van der Waals surface area contributed by atoms with Crippen LogP contribution >= 0.6 is 11.8 Å². The van der Waals surface area contributed by atoms with E-state index < -0.39 is 5.82 Å². The van der Waals surface area contributed by atoms with Gasteiger partial charge >= 0.3 is 0 Å². The Hall–Kier alpha value is -1.27. The molecule has 1 aromatic carbocycles. The van der Waals surface area contributed by atoms with E-state index >= 15 is 0 Å². The molecule has 1 amide bonds. The average Bonchev–Trinajstić information content (AvgIpc) is 2.28. The number of carbonyl (C=O) groups is 1. The Morgan fingerprint density at radius 2 is 2.25 bits per heavy atom. The highest BCUT2D eigenvalue weighted by Crippen LogP contribution is 2.22. The average molecular weight is 243 g/mol. The predicted molar refractivity (Wildman–Crippen MR) is 63.1 cm³/mol. The van der Waals surface area contributed by atoms with Gasteiger partial charge in [-0.25, -0.2) is 10.2 Å². The zero-order valence-corrected chi connectivity index (χ0v) is 9.52. The Bertz CT molecular complexity index is 373. The second-order valence-electron chi connectivity index (χ2n) is 3.20. The maximum atomic E-state index is 13.1. The van der Waals surface area contributed by atoms with Gasteiger partial charge in [0.1, 0.15) is 5.82 Å². The van der Waals surface area contributed by atoms with E-state index in [0.717, 1.165) is 10.6 Å². The van der Waals surface area contributed by atoms with Crippen LogP contribution in [0.15, 0.2) is 23.1 Å². The lowest BCUT2D eigenvalue weighted by molar-refractivity contribution is -0.121. The van der Waals surface area contributed by atoms with E-state index in [1.807, 2.05) is 0 Å². The van der Waals surface area contributed by atoms with Crippen LogP contribution in [0.2, 0.25) is 0 Å². The lowest BCUT2D eigenvalue weighted by Crippen LogP contribution is -2.29. The van der Waals surface area contributed by atoms with Gasteiger partial charge in [-0.15, -0.1) is 11.8 Å². The van der Waals surface area contributed by atoms with Crippen molar-refractivity contribution in [2.75, 3.05) is 11.5 Å². The lowest BCUT2D eigenvalue weighted by Gasteiger charge is -2.03. The Labute approximate surface area is 97.5 Å². The largest absolute Gasteiger partial charge is 0.396 e. The Kier molecular flexibility index (Phi) is 5.07. The van der Waals surface area contributed by atoms with Crippen molar-refractivity contribution >= 4 is 23.4 Å². The van der Waals surface area contributed by atoms with Gasteiger partial charge in [-0.3, -0.25) is 10.2 Å². The molecule has 0 bridgehead atoms. The fourth-order valence-electron chi connectivity index (χ4n) is 1.09. The summed E-state index contributed by atoms with van der Waals surface area (Å²) in [4.78, 5) is 11.6. The molecule has 0 unspecified atom stereocenters. The normalized spacial score (nSPS) is 10.1. The van der Waals surface area contributed by atoms with Crippen LogP contribution in [0.5, 0.6) is 0 Å². The fraction of sp³-hybridized carbons (Fsp3) is 0.300. The van der Waals surface area contributed by atoms with E-state index in [0.29, 0.717) is 12.8 Å². The third-order valence-electron chi connectivity index (χ3n) is 1.95. The summed E-state index contributed by atoms with van der Waals surface area (Å²) in [7, 11) is 0. The van der Waals surface area contributed by atoms with Crippen molar-refractivity contribution in [1.29, 1.82) is 0 Å². The number of hydrogen-bond acceptors (Lipinski definition) is 4. The molecule has 88 valence electrons. The molecule has 0 aliphatic carbocycles. The van der Waals surface area contributed by atoms with Gasteiger partial charge < -0.3 is 5.73 Å². The number of anilines is 1. The van der Waals surface area contributed by atoms with Crippen LogP contribution in [0.25, 0.3) is 0 Å². The first-order valence-electron chi connectivity index (χ1n) is 4.80. The van der Waals surface area contributed by atoms with Gasteiger partial charge in [-0.1, -0.05) is 0 Å². The lowest BCUT2D eigenvalue weighted by atomic mass is 10.3. The highest BCUT2D eigenvalue weighted by molar-refractivity contribution is 7.99. The zero-order chi connectivity index (χ0) is 12.0. The number of halogens is 1. The van der Waals surface area contributed by atoms with Crippen molar-refractivity contribution in [3.8, 4) is 0 Å². The molecule has 0 atom stereocenters. The van der Waals surface area contributed by atoms with Crippen molar-refractivity contribution < 1.29 is 9.18 Å². The molecule has 0 saturated heterocycles. The van der Waals surface area contributed by atoms with Crippen LogP contribution in [-0.2, 0) is 4.79 Å². The third-order valence-corrected chi connectivity index (χ3v) is 3.03. The number of thioether (sulfide) groups is 1. The molecular weight excluding hydrogens is 229 g/mol. The monoisotopic (exact) mass is 243 g/mol. The molecule has 16 heavy (non-hydrogen) atoms. The van der Waals surface area contributed by atoms with Crippen molar-refractivity contribution in [2.45, 2.75) is 17.7 Å². The second kappa shape index (κ2) is 6.34. The minimum absolute atomic E-state index is 0.145. The molecule has 5 N–H and O–H groups in total. The Morgan fingerprint density at radius 3 is 2.88 bits per heavy atom. The van der Waals surface area contributed by atoms with E-state index in [1.165, 1.54) is 23.9 Å². The summed E-state index contributed by atoms with van der Waals surface area (Å²) in [5.74, 6) is 5.06. The summed E-state index contributed by atoms with van der Waals surface area (Å²) < 4.78 is 13.1. The van der Waals surface area contributed by atoms with Gasteiger partial charge in [0.2, 0.25) is 5.91 Å². The SMILES string of the molecule is NNC(=O)CCCSc1ccc(N)c(F)c1. The number of nitrogens with two attached hydrogens (primary N) is 2. The van der Waals surface area contributed by atoms with Crippen LogP contribution < -0.4 is 17.0 Å². The van der Waals surface area contributed by atoms with Crippen LogP contribution in [0.4, 0.5) is 10.1 Å². The first-order valence-corrected chi connectivity index (χ1v) is 5.79. The third kappa shape index (κ3) is 4.08. The van der Waals surface area contributed by atoms with Crippen LogP contribution in [-0.4, -0.2) is 11.7 Å². The first-order chi connectivity index (χ1) is 7.63. The predicted octanol–water partition coefficient (Wildman–Crippen LogP) is 1.27. The van der Waals surface area contributed by atoms with Crippen molar-refractivity contribution in [1.82, 2.24) is 5.43 Å². The Balaban J connectivity index is 2.32. The molecule has 0 spiro atoms. The molecule has 0 fully saturated rings. The minimum Gasteiger partial charge on any atom is -0.396 e. The molecule has 0 aliphatic rings. The van der Waals surface area contributed by atoms with Gasteiger partial charge in [0, 0.05) is 11.3 Å². The zero-order valence-electron chi connectivity index (χ0n) is 8.70. The number of nitrogen functional groups attached to an aromatic ring is 1. The molecule has 6 heteroatoms. The summed E-state index contributed by atoms with van der Waals surface area (Å²) in [6.07, 6.45) is 1.07. The van der Waals surface area contributed by atoms with Gasteiger partial charge in [0.15, 0.2) is 0 Å². The molecule has 0 aliphatic heterocycles. The number of amides is 1. The number of benzene rings is 1. The number of hydrogen-bond donors (Lipinski definition) is 3. The maximum absolute atomic E-state index is 13.1. The van der Waals surface area contributed by atoms with Crippen molar-refractivity contribution in [2.24, 2.45) is 5.84 Å². The number of nitrogens with one attached hydrogen (secondary N) is 1. The summed E-state index contributed by atoms with van der Waals surface area (Å²) in [5.41, 5.74) is 7.55. The van der Waals surface area contributed by atoms with E-state index in [4.69, 9.17) is 11.6 Å². The fourth-order valence-corrected chi connectivity index (χ4v) is 1.97. The maximum Gasteiger partial charge on any atom is 0.233 e. The molecular formula is C10H14FN3OS. The summed E-state index contributed by atoms with van der Waals surface area (Å²) in [6.45, 7) is 0.